The number of Topliss-reactive ketones (excluding diaryl/α,β-unsaturated/α-hetero) is 1. The van der Waals surface area contributed by atoms with Crippen LogP contribution in [0.4, 0.5) is 0 Å². The molecule has 0 bridgehead atoms. The zero-order chi connectivity index (χ0) is 43.4. The number of nitroso groups, excluding NO2 is 1. The first-order chi connectivity index (χ1) is 28.7. The van der Waals surface area contributed by atoms with Gasteiger partial charge in [0, 0.05) is 62.8 Å². The fourth-order valence-corrected chi connectivity index (χ4v) is 6.22. The van der Waals surface area contributed by atoms with Gasteiger partial charge in [-0.3, -0.25) is 24.0 Å². The fourth-order valence-electron chi connectivity index (χ4n) is 6.22. The number of ether oxygens (including phenoxy) is 3. The van der Waals surface area contributed by atoms with Gasteiger partial charge in [0.1, 0.15) is 18.9 Å². The Bertz CT molecular complexity index is 1140. The molecule has 1 unspecified atom stereocenters. The first-order valence-electron chi connectivity index (χ1n) is 22.5. The van der Waals surface area contributed by atoms with Crippen molar-refractivity contribution in [1.29, 1.82) is 0 Å². The molecule has 0 aliphatic rings. The molecule has 0 aromatic heterocycles. The Kier molecular flexibility index (Phi) is 40.0. The molecule has 0 radical (unpaired) electrons. The Labute approximate surface area is 354 Å². The van der Waals surface area contributed by atoms with Crippen molar-refractivity contribution in [3.05, 3.63) is 17.2 Å². The molecule has 15 nitrogen and oxygen atoms in total. The molecule has 0 heterocycles. The molecule has 4 amide bonds. The van der Waals surface area contributed by atoms with Crippen LogP contribution in [0.3, 0.4) is 0 Å². The van der Waals surface area contributed by atoms with Gasteiger partial charge in [0.15, 0.2) is 5.78 Å². The van der Waals surface area contributed by atoms with Gasteiger partial charge >= 0.3 is 5.91 Å². The van der Waals surface area contributed by atoms with E-state index in [0.29, 0.717) is 71.9 Å². The van der Waals surface area contributed by atoms with E-state index in [1.165, 1.54) is 84.0 Å². The van der Waals surface area contributed by atoms with Crippen LogP contribution in [0.2, 0.25) is 0 Å². The van der Waals surface area contributed by atoms with Gasteiger partial charge in [-0.2, -0.15) is 0 Å². The number of unbranched alkanes of at least 4 members (excludes halogenated alkanes) is 18. The average molecular weight is 838 g/mol. The number of aldehydes is 1. The van der Waals surface area contributed by atoms with Crippen LogP contribution in [0.15, 0.2) is 17.5 Å². The summed E-state index contributed by atoms with van der Waals surface area (Å²) in [6.45, 7) is 9.03. The van der Waals surface area contributed by atoms with Crippen LogP contribution in [0.25, 0.3) is 0 Å². The van der Waals surface area contributed by atoms with Crippen LogP contribution < -0.4 is 21.3 Å². The van der Waals surface area contributed by atoms with Gasteiger partial charge in [-0.25, -0.2) is 0 Å². The van der Waals surface area contributed by atoms with Gasteiger partial charge in [0.2, 0.25) is 17.7 Å². The van der Waals surface area contributed by atoms with Gasteiger partial charge in [0.05, 0.1) is 26.4 Å². The summed E-state index contributed by atoms with van der Waals surface area (Å²) in [6, 6.07) is -1.18. The number of ketones is 1. The molecule has 0 aromatic rings. The molecule has 4 N–H and O–H groups in total. The summed E-state index contributed by atoms with van der Waals surface area (Å²) in [6.07, 6.45) is 24.3. The Hall–Kier alpha value is -3.56. The molecule has 0 saturated carbocycles. The zero-order valence-electron chi connectivity index (χ0n) is 36.4. The quantitative estimate of drug-likeness (QED) is 0.0289. The maximum atomic E-state index is 12.4. The highest BCUT2D eigenvalue weighted by Crippen LogP contribution is 2.14. The average Bonchev–Trinajstić information content (AvgIpc) is 3.22. The molecule has 59 heavy (non-hydrogen) atoms. The lowest BCUT2D eigenvalue weighted by molar-refractivity contribution is -0.128. The number of rotatable bonds is 45. The molecule has 0 saturated heterocycles. The molecule has 0 rings (SSSR count). The lowest BCUT2D eigenvalue weighted by Gasteiger charge is -2.14. The van der Waals surface area contributed by atoms with Crippen LogP contribution in [-0.2, 0) is 43.0 Å². The minimum absolute atomic E-state index is 0.0198. The van der Waals surface area contributed by atoms with Crippen molar-refractivity contribution in [3.8, 4) is 0 Å². The molecule has 0 spiro atoms. The summed E-state index contributed by atoms with van der Waals surface area (Å²) < 4.78 is 16.1. The summed E-state index contributed by atoms with van der Waals surface area (Å²) in [7, 11) is 0. The van der Waals surface area contributed by atoms with Crippen molar-refractivity contribution in [3.63, 3.8) is 0 Å². The van der Waals surface area contributed by atoms with Crippen molar-refractivity contribution in [2.75, 3.05) is 59.3 Å². The van der Waals surface area contributed by atoms with Crippen molar-refractivity contribution < 1.29 is 43.0 Å². The maximum Gasteiger partial charge on any atom is 0.308 e. The van der Waals surface area contributed by atoms with E-state index < -0.39 is 17.9 Å². The van der Waals surface area contributed by atoms with E-state index >= 15 is 0 Å². The highest BCUT2D eigenvalue weighted by atomic mass is 16.5. The summed E-state index contributed by atoms with van der Waals surface area (Å²) in [5, 5.41) is 13.7. The Balaban J connectivity index is 3.77. The lowest BCUT2D eigenvalue weighted by atomic mass is 10.0. The van der Waals surface area contributed by atoms with Crippen LogP contribution in [0, 0.1) is 4.91 Å². The second kappa shape index (κ2) is 42.6. The number of hydrogen-bond donors (Lipinski definition) is 4. The minimum Gasteiger partial charge on any atom is -0.385 e. The minimum atomic E-state index is -1.18. The Morgan fingerprint density at radius 1 is 0.542 bits per heavy atom. The number of nitrogens with zero attached hydrogens (tertiary/aromatic N) is 1. The van der Waals surface area contributed by atoms with Crippen LogP contribution in [0.1, 0.15) is 167 Å². The summed E-state index contributed by atoms with van der Waals surface area (Å²) >= 11 is 0. The highest BCUT2D eigenvalue weighted by molar-refractivity contribution is 5.88. The predicted molar refractivity (Wildman–Crippen MR) is 231 cm³/mol. The first kappa shape index (κ1) is 55.4. The largest absolute Gasteiger partial charge is 0.385 e. The Morgan fingerprint density at radius 2 is 1.05 bits per heavy atom. The van der Waals surface area contributed by atoms with Crippen LogP contribution in [-0.4, -0.2) is 101 Å². The summed E-state index contributed by atoms with van der Waals surface area (Å²) in [4.78, 5) is 81.0. The van der Waals surface area contributed by atoms with Crippen LogP contribution >= 0.6 is 0 Å². The van der Waals surface area contributed by atoms with Gasteiger partial charge in [0.25, 0.3) is 0 Å². The van der Waals surface area contributed by atoms with E-state index in [1.807, 2.05) is 0 Å². The first-order valence-corrected chi connectivity index (χ1v) is 22.5. The van der Waals surface area contributed by atoms with E-state index in [1.54, 1.807) is 0 Å². The molecule has 0 aliphatic carbocycles. The second-order valence-corrected chi connectivity index (χ2v) is 15.3. The number of carbonyl (C=O) groups is 6. The molecule has 0 fully saturated rings. The Morgan fingerprint density at radius 3 is 1.64 bits per heavy atom. The molecular weight excluding hydrogens is 759 g/mol. The second-order valence-electron chi connectivity index (χ2n) is 15.3. The van der Waals surface area contributed by atoms with E-state index in [2.05, 4.69) is 33.0 Å². The molecule has 0 aromatic carbocycles. The van der Waals surface area contributed by atoms with Gasteiger partial charge in [-0.15, -0.1) is 4.91 Å². The van der Waals surface area contributed by atoms with Gasteiger partial charge < -0.3 is 40.3 Å². The lowest BCUT2D eigenvalue weighted by Crippen LogP contribution is -2.41. The SMILES string of the molecule is C=C(COCCCCCNC(=O)CCC(NC(=O)CCCNC(=O)CCCCCCCCCCCCCCCCCCC=O)C(=O)N=O)NCCOCCOCC(C)=O. The smallest absolute Gasteiger partial charge is 0.308 e. The highest BCUT2D eigenvalue weighted by Gasteiger charge is 2.22. The fraction of sp³-hybridized carbons (Fsp3) is 0.818. The molecule has 1 atom stereocenters. The van der Waals surface area contributed by atoms with Crippen LogP contribution in [0.5, 0.6) is 0 Å². The number of carbonyl (C=O) groups excluding carboxylic acids is 6. The maximum absolute atomic E-state index is 12.4. The monoisotopic (exact) mass is 838 g/mol. The van der Waals surface area contributed by atoms with E-state index in [4.69, 9.17) is 14.2 Å². The molecule has 15 heteroatoms. The molecule has 0 aliphatic heterocycles. The number of nitrogens with one attached hydrogen (secondary N) is 4. The third-order valence-corrected chi connectivity index (χ3v) is 9.62. The predicted octanol–water partition coefficient (Wildman–Crippen LogP) is 6.69. The standard InChI is InChI=1S/C44H79N5O10/c1-38(45-30-33-57-34-35-59-37-39(2)51)36-58-32-22-18-20-28-46-42(53)27-26-40(44(55)49-56)48-43(54)25-23-29-47-41(52)24-19-16-14-12-10-8-6-4-3-5-7-9-11-13-15-17-21-31-50/h31,40,45H,1,3-30,32-37H2,2H3,(H,46,53)(H,47,52)(H,48,54). The normalized spacial score (nSPS) is 11.4. The topological polar surface area (TPSA) is 208 Å². The number of amides is 4. The van der Waals surface area contributed by atoms with E-state index in [9.17, 15) is 33.7 Å². The van der Waals surface area contributed by atoms with Gasteiger partial charge in [-0.1, -0.05) is 96.5 Å². The summed E-state index contributed by atoms with van der Waals surface area (Å²) in [5.41, 5.74) is 0.743. The molecular formula is C44H79N5O10. The van der Waals surface area contributed by atoms with Crippen molar-refractivity contribution in [2.45, 2.75) is 173 Å². The zero-order valence-corrected chi connectivity index (χ0v) is 36.4. The summed E-state index contributed by atoms with van der Waals surface area (Å²) in [5.74, 6) is -1.83. The molecule has 340 valence electrons. The van der Waals surface area contributed by atoms with Crippen molar-refractivity contribution in [2.24, 2.45) is 5.18 Å². The van der Waals surface area contributed by atoms with E-state index in [-0.39, 0.29) is 43.5 Å². The third kappa shape index (κ3) is 41.0. The third-order valence-electron chi connectivity index (χ3n) is 9.62. The number of hydrogen-bond acceptors (Lipinski definition) is 11. The van der Waals surface area contributed by atoms with Crippen molar-refractivity contribution in [1.82, 2.24) is 21.3 Å². The van der Waals surface area contributed by atoms with Gasteiger partial charge in [-0.05, 0) is 51.9 Å². The van der Waals surface area contributed by atoms with Crippen molar-refractivity contribution >= 4 is 35.7 Å². The van der Waals surface area contributed by atoms with E-state index in [0.717, 1.165) is 56.9 Å².